The van der Waals surface area contributed by atoms with Crippen LogP contribution in [0.4, 0.5) is 0 Å². The zero-order chi connectivity index (χ0) is 11.4. The van der Waals surface area contributed by atoms with Gasteiger partial charge in [0.25, 0.3) is 0 Å². The molecule has 4 heteroatoms. The summed E-state index contributed by atoms with van der Waals surface area (Å²) in [5, 5.41) is 0. The Balaban J connectivity index is 3.21. The third-order valence-electron chi connectivity index (χ3n) is 2.31. The van der Waals surface area contributed by atoms with Gasteiger partial charge in [-0.15, -0.1) is 0 Å². The molecule has 0 spiro atoms. The first-order chi connectivity index (χ1) is 7.13. The molecular formula is C11H16N4. The first-order valence-electron chi connectivity index (χ1n) is 4.74. The van der Waals surface area contributed by atoms with Crippen molar-refractivity contribution < 1.29 is 0 Å². The molecule has 80 valence electrons. The van der Waals surface area contributed by atoms with Gasteiger partial charge >= 0.3 is 0 Å². The largest absolute Gasteiger partial charge is 0.345 e. The molecule has 0 saturated carbocycles. The van der Waals surface area contributed by atoms with Gasteiger partial charge in [0.15, 0.2) is 0 Å². The lowest BCUT2D eigenvalue weighted by atomic mass is 10.2. The zero-order valence-corrected chi connectivity index (χ0v) is 9.65. The Kier molecular flexibility index (Phi) is 3.55. The normalized spacial score (nSPS) is 20.7. The van der Waals surface area contributed by atoms with E-state index in [-0.39, 0.29) is 0 Å². The third kappa shape index (κ3) is 2.03. The Morgan fingerprint density at radius 2 is 2.07 bits per heavy atom. The van der Waals surface area contributed by atoms with Crippen LogP contribution in [0, 0.1) is 0 Å². The molecule has 0 bridgehead atoms. The molecule has 1 rings (SSSR count). The Labute approximate surface area is 90.4 Å². The van der Waals surface area contributed by atoms with Crippen molar-refractivity contribution in [1.82, 2.24) is 4.90 Å². The van der Waals surface area contributed by atoms with Gasteiger partial charge in [-0.05, 0) is 13.8 Å². The fourth-order valence-electron chi connectivity index (χ4n) is 1.36. The molecular weight excluding hydrogens is 188 g/mol. The van der Waals surface area contributed by atoms with Gasteiger partial charge in [-0.2, -0.15) is 0 Å². The summed E-state index contributed by atoms with van der Waals surface area (Å²) in [6.07, 6.45) is 3.27. The highest BCUT2D eigenvalue weighted by Gasteiger charge is 2.25. The molecule has 0 aromatic rings. The smallest absolute Gasteiger partial charge is 0.115 e. The van der Waals surface area contributed by atoms with E-state index in [0.29, 0.717) is 0 Å². The Morgan fingerprint density at radius 3 is 2.60 bits per heavy atom. The molecule has 0 aromatic heterocycles. The minimum Gasteiger partial charge on any atom is -0.345 e. The van der Waals surface area contributed by atoms with Crippen molar-refractivity contribution >= 4 is 18.3 Å². The van der Waals surface area contributed by atoms with Gasteiger partial charge in [-0.25, -0.2) is 4.99 Å². The Morgan fingerprint density at radius 1 is 1.40 bits per heavy atom. The lowest BCUT2D eigenvalue weighted by Crippen LogP contribution is -2.11. The summed E-state index contributed by atoms with van der Waals surface area (Å²) in [4.78, 5) is 14.3. The Bertz CT molecular complexity index is 385. The topological polar surface area (TPSA) is 40.3 Å². The van der Waals surface area contributed by atoms with Gasteiger partial charge < -0.3 is 4.90 Å². The van der Waals surface area contributed by atoms with Crippen LogP contribution in [0.5, 0.6) is 0 Å². The third-order valence-corrected chi connectivity index (χ3v) is 2.31. The maximum atomic E-state index is 4.30. The number of hydrogen-bond donors (Lipinski definition) is 0. The highest BCUT2D eigenvalue weighted by molar-refractivity contribution is 6.17. The van der Waals surface area contributed by atoms with E-state index in [1.54, 1.807) is 13.3 Å². The molecule has 1 aliphatic rings. The van der Waals surface area contributed by atoms with Crippen LogP contribution in [-0.4, -0.2) is 37.3 Å². The zero-order valence-electron chi connectivity index (χ0n) is 9.65. The van der Waals surface area contributed by atoms with Crippen molar-refractivity contribution in [3.63, 3.8) is 0 Å². The number of nitrogens with zero attached hydrogens (tertiary/aromatic N) is 4. The van der Waals surface area contributed by atoms with Crippen molar-refractivity contribution in [2.75, 3.05) is 14.1 Å². The van der Waals surface area contributed by atoms with Crippen LogP contribution in [0.2, 0.25) is 0 Å². The Hall–Kier alpha value is -1.71. The fraction of sp³-hybridized carbons (Fsp3) is 0.364. The first-order valence-corrected chi connectivity index (χ1v) is 4.74. The summed E-state index contributed by atoms with van der Waals surface area (Å²) < 4.78 is 0. The highest BCUT2D eigenvalue weighted by atomic mass is 15.2. The van der Waals surface area contributed by atoms with E-state index >= 15 is 0 Å². The summed E-state index contributed by atoms with van der Waals surface area (Å²) in [5.74, 6) is 0. The maximum absolute atomic E-state index is 4.30. The summed E-state index contributed by atoms with van der Waals surface area (Å²) in [6.45, 7) is 7.85. The number of hydrogen-bond acceptors (Lipinski definition) is 3. The molecule has 0 fully saturated rings. The van der Waals surface area contributed by atoms with Crippen molar-refractivity contribution in [3.05, 3.63) is 23.7 Å². The molecule has 0 amide bonds. The average molecular weight is 204 g/mol. The van der Waals surface area contributed by atoms with E-state index in [2.05, 4.69) is 21.6 Å². The molecule has 0 radical (unpaired) electrons. The van der Waals surface area contributed by atoms with Crippen molar-refractivity contribution in [3.8, 4) is 0 Å². The van der Waals surface area contributed by atoms with Crippen LogP contribution in [-0.2, 0) is 0 Å². The van der Waals surface area contributed by atoms with Crippen LogP contribution >= 0.6 is 0 Å². The summed E-state index contributed by atoms with van der Waals surface area (Å²) in [5.41, 5.74) is 3.57. The summed E-state index contributed by atoms with van der Waals surface area (Å²) in [6, 6.07) is 0. The SMILES string of the molecule is C=C1C(=NC=NC)C(N=CC)=C(C)N1C. The average Bonchev–Trinajstić information content (AvgIpc) is 2.42. The van der Waals surface area contributed by atoms with Crippen molar-refractivity contribution in [2.45, 2.75) is 13.8 Å². The second kappa shape index (κ2) is 4.68. The second-order valence-electron chi connectivity index (χ2n) is 3.18. The van der Waals surface area contributed by atoms with Crippen LogP contribution < -0.4 is 0 Å². The first kappa shape index (κ1) is 11.4. The van der Waals surface area contributed by atoms with Crippen LogP contribution in [0.1, 0.15) is 13.8 Å². The van der Waals surface area contributed by atoms with Gasteiger partial charge in [0, 0.05) is 26.0 Å². The summed E-state index contributed by atoms with van der Waals surface area (Å²) >= 11 is 0. The van der Waals surface area contributed by atoms with E-state index < -0.39 is 0 Å². The molecule has 1 aliphatic heterocycles. The maximum Gasteiger partial charge on any atom is 0.115 e. The van der Waals surface area contributed by atoms with Crippen LogP contribution in [0.15, 0.2) is 38.6 Å². The summed E-state index contributed by atoms with van der Waals surface area (Å²) in [7, 11) is 3.64. The van der Waals surface area contributed by atoms with Crippen molar-refractivity contribution in [1.29, 1.82) is 0 Å². The molecule has 0 unspecified atom stereocenters. The van der Waals surface area contributed by atoms with Gasteiger partial charge in [-0.3, -0.25) is 9.98 Å². The monoisotopic (exact) mass is 204 g/mol. The van der Waals surface area contributed by atoms with Gasteiger partial charge in [0.1, 0.15) is 17.7 Å². The highest BCUT2D eigenvalue weighted by Crippen LogP contribution is 2.26. The van der Waals surface area contributed by atoms with E-state index in [1.165, 1.54) is 6.34 Å². The minimum atomic E-state index is 0.790. The molecule has 4 nitrogen and oxygen atoms in total. The molecule has 15 heavy (non-hydrogen) atoms. The lowest BCUT2D eigenvalue weighted by molar-refractivity contribution is 0.561. The molecule has 0 aliphatic carbocycles. The number of aliphatic imine (C=N–C) groups is 3. The molecule has 0 aromatic carbocycles. The minimum absolute atomic E-state index is 0.790. The van der Waals surface area contributed by atoms with E-state index in [9.17, 15) is 0 Å². The van der Waals surface area contributed by atoms with Gasteiger partial charge in [0.05, 0.1) is 5.70 Å². The van der Waals surface area contributed by atoms with E-state index in [1.807, 2.05) is 25.8 Å². The van der Waals surface area contributed by atoms with Crippen molar-refractivity contribution in [2.24, 2.45) is 15.0 Å². The predicted molar refractivity (Wildman–Crippen MR) is 65.6 cm³/mol. The van der Waals surface area contributed by atoms with Gasteiger partial charge in [-0.1, -0.05) is 6.58 Å². The number of rotatable bonds is 2. The van der Waals surface area contributed by atoms with E-state index in [0.717, 1.165) is 22.8 Å². The van der Waals surface area contributed by atoms with Gasteiger partial charge in [0.2, 0.25) is 0 Å². The second-order valence-corrected chi connectivity index (χ2v) is 3.18. The predicted octanol–water partition coefficient (Wildman–Crippen LogP) is 1.87. The molecule has 1 heterocycles. The van der Waals surface area contributed by atoms with Crippen LogP contribution in [0.25, 0.3) is 0 Å². The lowest BCUT2D eigenvalue weighted by Gasteiger charge is -2.12. The quantitative estimate of drug-likeness (QED) is 0.500. The van der Waals surface area contributed by atoms with E-state index in [4.69, 9.17) is 0 Å². The number of allylic oxidation sites excluding steroid dienone is 1. The molecule has 0 N–H and O–H groups in total. The molecule has 0 saturated heterocycles. The fourth-order valence-corrected chi connectivity index (χ4v) is 1.36. The standard InChI is InChI=1S/C11H16N4/c1-6-13-10-8(2)15(5)9(3)11(10)14-7-12-4/h6-7H,3H2,1-2,4-5H3. The van der Waals surface area contributed by atoms with Crippen LogP contribution in [0.3, 0.4) is 0 Å². The molecule has 0 atom stereocenters.